The number of hydrogen-bond acceptors (Lipinski definition) is 4. The van der Waals surface area contributed by atoms with Gasteiger partial charge in [-0.05, 0) is 25.1 Å². The number of aromatic nitrogens is 3. The predicted octanol–water partition coefficient (Wildman–Crippen LogP) is 3.85. The molecule has 0 fully saturated rings. The van der Waals surface area contributed by atoms with Gasteiger partial charge in [0.15, 0.2) is 5.65 Å². The number of ether oxygens (including phenoxy) is 2. The fraction of sp³-hybridized carbons (Fsp3) is 0.250. The van der Waals surface area contributed by atoms with Crippen LogP contribution < -0.4 is 9.47 Å². The maximum absolute atomic E-state index is 12.3. The number of pyridine rings is 1. The van der Waals surface area contributed by atoms with Gasteiger partial charge in [-0.3, -0.25) is 0 Å². The molecule has 0 unspecified atom stereocenters. The Balaban J connectivity index is 2.05. The Labute approximate surface area is 135 Å². The molecule has 0 spiro atoms. The van der Waals surface area contributed by atoms with Crippen LogP contribution in [0.15, 0.2) is 30.5 Å². The van der Waals surface area contributed by atoms with Crippen molar-refractivity contribution in [1.29, 1.82) is 0 Å². The van der Waals surface area contributed by atoms with Gasteiger partial charge < -0.3 is 14.0 Å². The Morgan fingerprint density at radius 1 is 1.17 bits per heavy atom. The molecule has 0 saturated carbocycles. The minimum Gasteiger partial charge on any atom is -0.496 e. The summed E-state index contributed by atoms with van der Waals surface area (Å²) >= 11 is 0. The van der Waals surface area contributed by atoms with Crippen LogP contribution in [0.5, 0.6) is 11.5 Å². The number of imidazole rings is 1. The number of nitrogens with zero attached hydrogens (tertiary/aromatic N) is 3. The standard InChI is InChI=1S/C16H14F3N3O2/c1-9-21-13-6-10(8-20-15(13)22(9)2)12-5-4-11(7-14(12)23-3)24-16(17,18)19/h4-8H,1-3H3. The first-order chi connectivity index (χ1) is 11.3. The molecule has 8 heteroatoms. The maximum Gasteiger partial charge on any atom is 0.573 e. The molecule has 0 amide bonds. The van der Waals surface area contributed by atoms with E-state index in [2.05, 4.69) is 14.7 Å². The van der Waals surface area contributed by atoms with E-state index in [0.29, 0.717) is 16.6 Å². The molecule has 5 nitrogen and oxygen atoms in total. The average Bonchev–Trinajstić information content (AvgIpc) is 2.80. The molecular weight excluding hydrogens is 323 g/mol. The number of halogens is 3. The van der Waals surface area contributed by atoms with Crippen LogP contribution in [0.4, 0.5) is 13.2 Å². The van der Waals surface area contributed by atoms with Gasteiger partial charge in [0.2, 0.25) is 0 Å². The molecule has 0 aliphatic rings. The molecule has 24 heavy (non-hydrogen) atoms. The van der Waals surface area contributed by atoms with Gasteiger partial charge in [-0.1, -0.05) is 0 Å². The number of methoxy groups -OCH3 is 1. The molecule has 126 valence electrons. The zero-order valence-electron chi connectivity index (χ0n) is 13.2. The van der Waals surface area contributed by atoms with E-state index in [1.54, 1.807) is 6.20 Å². The average molecular weight is 337 g/mol. The van der Waals surface area contributed by atoms with Crippen molar-refractivity contribution in [3.63, 3.8) is 0 Å². The second-order valence-corrected chi connectivity index (χ2v) is 5.19. The SMILES string of the molecule is COc1cc(OC(F)(F)F)ccc1-c1cnc2c(c1)nc(C)n2C. The lowest BCUT2D eigenvalue weighted by Gasteiger charge is -2.13. The predicted molar refractivity (Wildman–Crippen MR) is 81.9 cm³/mol. The van der Waals surface area contributed by atoms with Crippen LogP contribution in [-0.4, -0.2) is 28.0 Å². The van der Waals surface area contributed by atoms with Crippen molar-refractivity contribution in [3.05, 3.63) is 36.3 Å². The van der Waals surface area contributed by atoms with Crippen molar-refractivity contribution in [3.8, 4) is 22.6 Å². The molecule has 0 atom stereocenters. The van der Waals surface area contributed by atoms with Gasteiger partial charge in [-0.25, -0.2) is 9.97 Å². The van der Waals surface area contributed by atoms with Crippen molar-refractivity contribution < 1.29 is 22.6 Å². The van der Waals surface area contributed by atoms with Gasteiger partial charge in [0.1, 0.15) is 22.8 Å². The van der Waals surface area contributed by atoms with Crippen LogP contribution in [-0.2, 0) is 7.05 Å². The third-order valence-electron chi connectivity index (χ3n) is 3.65. The van der Waals surface area contributed by atoms with Crippen molar-refractivity contribution in [2.24, 2.45) is 7.05 Å². The summed E-state index contributed by atoms with van der Waals surface area (Å²) in [5.41, 5.74) is 2.72. The molecule has 0 aliphatic carbocycles. The van der Waals surface area contributed by atoms with E-state index in [4.69, 9.17) is 4.74 Å². The minimum atomic E-state index is -4.75. The first-order valence-corrected chi connectivity index (χ1v) is 7.02. The monoisotopic (exact) mass is 337 g/mol. The van der Waals surface area contributed by atoms with Gasteiger partial charge in [-0.15, -0.1) is 13.2 Å². The normalized spacial score (nSPS) is 11.8. The number of aryl methyl sites for hydroxylation is 2. The van der Waals surface area contributed by atoms with E-state index in [1.807, 2.05) is 24.6 Å². The molecule has 0 N–H and O–H groups in total. The topological polar surface area (TPSA) is 49.2 Å². The van der Waals surface area contributed by atoms with Crippen molar-refractivity contribution in [1.82, 2.24) is 14.5 Å². The zero-order valence-corrected chi connectivity index (χ0v) is 13.2. The third kappa shape index (κ3) is 2.99. The number of hydrogen-bond donors (Lipinski definition) is 0. The minimum absolute atomic E-state index is 0.255. The van der Waals surface area contributed by atoms with Gasteiger partial charge in [0, 0.05) is 30.4 Å². The maximum atomic E-state index is 12.3. The van der Waals surface area contributed by atoms with Gasteiger partial charge >= 0.3 is 6.36 Å². The molecule has 0 radical (unpaired) electrons. The van der Waals surface area contributed by atoms with E-state index < -0.39 is 6.36 Å². The van der Waals surface area contributed by atoms with Crippen LogP contribution in [0.1, 0.15) is 5.82 Å². The molecule has 2 aromatic heterocycles. The molecule has 3 aromatic rings. The molecule has 1 aromatic carbocycles. The Morgan fingerprint density at radius 2 is 1.92 bits per heavy atom. The van der Waals surface area contributed by atoms with Crippen LogP contribution in [0.3, 0.4) is 0 Å². The van der Waals surface area contributed by atoms with E-state index in [1.165, 1.54) is 25.3 Å². The summed E-state index contributed by atoms with van der Waals surface area (Å²) in [5.74, 6) is 0.729. The second kappa shape index (κ2) is 5.70. The van der Waals surface area contributed by atoms with Crippen molar-refractivity contribution >= 4 is 11.2 Å². The van der Waals surface area contributed by atoms with Gasteiger partial charge in [0.05, 0.1) is 7.11 Å². The summed E-state index contributed by atoms with van der Waals surface area (Å²) in [5, 5.41) is 0. The summed E-state index contributed by atoms with van der Waals surface area (Å²) < 4.78 is 48.0. The number of rotatable bonds is 3. The Bertz CT molecular complexity index is 903. The van der Waals surface area contributed by atoms with Crippen LogP contribution in [0, 0.1) is 6.92 Å². The van der Waals surface area contributed by atoms with E-state index >= 15 is 0 Å². The summed E-state index contributed by atoms with van der Waals surface area (Å²) in [6.07, 6.45) is -3.12. The summed E-state index contributed by atoms with van der Waals surface area (Å²) in [6.45, 7) is 1.87. The van der Waals surface area contributed by atoms with Gasteiger partial charge in [0.25, 0.3) is 0 Å². The Hall–Kier alpha value is -2.77. The molecule has 0 aliphatic heterocycles. The smallest absolute Gasteiger partial charge is 0.496 e. The van der Waals surface area contributed by atoms with Crippen LogP contribution >= 0.6 is 0 Å². The lowest BCUT2D eigenvalue weighted by molar-refractivity contribution is -0.274. The lowest BCUT2D eigenvalue weighted by Crippen LogP contribution is -2.17. The number of fused-ring (bicyclic) bond motifs is 1. The fourth-order valence-electron chi connectivity index (χ4n) is 2.44. The Morgan fingerprint density at radius 3 is 2.58 bits per heavy atom. The molecule has 0 bridgehead atoms. The quantitative estimate of drug-likeness (QED) is 0.728. The molecule has 3 rings (SSSR count). The highest BCUT2D eigenvalue weighted by molar-refractivity contribution is 5.81. The second-order valence-electron chi connectivity index (χ2n) is 5.19. The highest BCUT2D eigenvalue weighted by Crippen LogP contribution is 2.35. The highest BCUT2D eigenvalue weighted by Gasteiger charge is 2.31. The van der Waals surface area contributed by atoms with E-state index in [0.717, 1.165) is 11.5 Å². The lowest BCUT2D eigenvalue weighted by atomic mass is 10.1. The third-order valence-corrected chi connectivity index (χ3v) is 3.65. The van der Waals surface area contributed by atoms with Crippen molar-refractivity contribution in [2.75, 3.05) is 7.11 Å². The zero-order chi connectivity index (χ0) is 17.5. The summed E-state index contributed by atoms with van der Waals surface area (Å²) in [4.78, 5) is 8.78. The van der Waals surface area contributed by atoms with E-state index in [-0.39, 0.29) is 11.5 Å². The van der Waals surface area contributed by atoms with Crippen LogP contribution in [0.25, 0.3) is 22.3 Å². The van der Waals surface area contributed by atoms with E-state index in [9.17, 15) is 13.2 Å². The number of benzene rings is 1. The highest BCUT2D eigenvalue weighted by atomic mass is 19.4. The molecule has 2 heterocycles. The number of alkyl halides is 3. The first-order valence-electron chi connectivity index (χ1n) is 7.02. The van der Waals surface area contributed by atoms with Crippen molar-refractivity contribution in [2.45, 2.75) is 13.3 Å². The summed E-state index contributed by atoms with van der Waals surface area (Å²) in [6, 6.07) is 5.74. The Kier molecular flexibility index (Phi) is 3.82. The summed E-state index contributed by atoms with van der Waals surface area (Å²) in [7, 11) is 3.24. The van der Waals surface area contributed by atoms with Gasteiger partial charge in [-0.2, -0.15) is 0 Å². The first kappa shape index (κ1) is 16.1. The fourth-order valence-corrected chi connectivity index (χ4v) is 2.44. The molecular formula is C16H14F3N3O2. The van der Waals surface area contributed by atoms with Crippen LogP contribution in [0.2, 0.25) is 0 Å². The molecule has 0 saturated heterocycles. The largest absolute Gasteiger partial charge is 0.573 e.